The molecule has 0 atom stereocenters. The van der Waals surface area contributed by atoms with Crippen LogP contribution in [0, 0.1) is 0 Å². The molecule has 2 aromatic carbocycles. The fourth-order valence-corrected chi connectivity index (χ4v) is 2.40. The molecular weight excluding hydrogens is 304 g/mol. The molecule has 122 valence electrons. The molecule has 0 bridgehead atoms. The number of hydrogen-bond acceptors (Lipinski definition) is 3. The van der Waals surface area contributed by atoms with Crippen LogP contribution in [0.3, 0.4) is 0 Å². The summed E-state index contributed by atoms with van der Waals surface area (Å²) in [5.74, 6) is -0.0275. The minimum absolute atomic E-state index is 0.0934. The highest BCUT2D eigenvalue weighted by atomic mass is 16.5. The van der Waals surface area contributed by atoms with E-state index in [1.165, 1.54) is 5.01 Å². The number of rotatable bonds is 4. The van der Waals surface area contributed by atoms with E-state index in [9.17, 15) is 9.59 Å². The summed E-state index contributed by atoms with van der Waals surface area (Å²) < 4.78 is 5.58. The average Bonchev–Trinajstić information content (AvgIpc) is 2.85. The molecule has 2 amide bonds. The molecule has 24 heavy (non-hydrogen) atoms. The van der Waals surface area contributed by atoms with Gasteiger partial charge in [0, 0.05) is 0 Å². The van der Waals surface area contributed by atoms with Crippen molar-refractivity contribution >= 4 is 23.6 Å². The highest BCUT2D eigenvalue weighted by molar-refractivity contribution is 6.31. The molecule has 0 spiro atoms. The second-order valence-corrected chi connectivity index (χ2v) is 5.71. The second-order valence-electron chi connectivity index (χ2n) is 5.71. The van der Waals surface area contributed by atoms with E-state index in [-0.39, 0.29) is 17.6 Å². The Morgan fingerprint density at radius 3 is 2.29 bits per heavy atom. The number of carbonyl (C=O) groups is 2. The van der Waals surface area contributed by atoms with Crippen molar-refractivity contribution in [1.29, 1.82) is 0 Å². The van der Waals surface area contributed by atoms with Crippen molar-refractivity contribution < 1.29 is 14.3 Å². The van der Waals surface area contributed by atoms with Gasteiger partial charge in [0.25, 0.3) is 11.8 Å². The number of nitrogens with one attached hydrogen (secondary N) is 1. The van der Waals surface area contributed by atoms with Gasteiger partial charge in [-0.3, -0.25) is 15.0 Å². The van der Waals surface area contributed by atoms with Crippen molar-refractivity contribution in [3.8, 4) is 5.75 Å². The smallest absolute Gasteiger partial charge is 0.282 e. The van der Waals surface area contributed by atoms with Crippen molar-refractivity contribution in [1.82, 2.24) is 5.43 Å². The SMILES string of the molecule is CC(C)Oc1ccc(/C=C2\C(=O)NN(c3ccccc3)C2=O)cc1. The molecule has 5 heteroatoms. The molecule has 2 aromatic rings. The van der Waals surface area contributed by atoms with Crippen molar-refractivity contribution in [2.45, 2.75) is 20.0 Å². The van der Waals surface area contributed by atoms with E-state index >= 15 is 0 Å². The average molecular weight is 322 g/mol. The lowest BCUT2D eigenvalue weighted by molar-refractivity contribution is -0.117. The Balaban J connectivity index is 1.82. The highest BCUT2D eigenvalue weighted by Gasteiger charge is 2.34. The van der Waals surface area contributed by atoms with Gasteiger partial charge in [0.15, 0.2) is 0 Å². The van der Waals surface area contributed by atoms with Crippen LogP contribution in [-0.4, -0.2) is 17.9 Å². The molecule has 1 aliphatic heterocycles. The van der Waals surface area contributed by atoms with E-state index in [1.54, 1.807) is 18.2 Å². The van der Waals surface area contributed by atoms with E-state index in [0.29, 0.717) is 5.69 Å². The Kier molecular flexibility index (Phi) is 4.33. The summed E-state index contributed by atoms with van der Waals surface area (Å²) in [7, 11) is 0. The molecule has 1 heterocycles. The molecule has 1 N–H and O–H groups in total. The lowest BCUT2D eigenvalue weighted by Crippen LogP contribution is -2.35. The van der Waals surface area contributed by atoms with Gasteiger partial charge in [0.2, 0.25) is 0 Å². The van der Waals surface area contributed by atoms with E-state index in [4.69, 9.17) is 4.74 Å². The van der Waals surface area contributed by atoms with Crippen molar-refractivity contribution in [2.24, 2.45) is 0 Å². The summed E-state index contributed by atoms with van der Waals surface area (Å²) in [6.07, 6.45) is 1.68. The molecule has 1 aliphatic rings. The molecule has 0 saturated carbocycles. The van der Waals surface area contributed by atoms with Crippen LogP contribution in [0.1, 0.15) is 19.4 Å². The summed E-state index contributed by atoms with van der Waals surface area (Å²) in [5.41, 5.74) is 4.08. The molecule has 0 aliphatic carbocycles. The third-order valence-electron chi connectivity index (χ3n) is 3.47. The summed E-state index contributed by atoms with van der Waals surface area (Å²) in [4.78, 5) is 24.6. The van der Waals surface area contributed by atoms with E-state index in [0.717, 1.165) is 11.3 Å². The summed E-state index contributed by atoms with van der Waals surface area (Å²) in [6, 6.07) is 16.3. The maximum absolute atomic E-state index is 12.5. The first-order valence-electron chi connectivity index (χ1n) is 7.73. The lowest BCUT2D eigenvalue weighted by Gasteiger charge is -2.13. The first kappa shape index (κ1) is 15.8. The number of nitrogens with zero attached hydrogens (tertiary/aromatic N) is 1. The molecule has 1 fully saturated rings. The Morgan fingerprint density at radius 1 is 1.00 bits per heavy atom. The normalized spacial score (nSPS) is 16.0. The topological polar surface area (TPSA) is 58.6 Å². The Bertz CT molecular complexity index is 780. The third-order valence-corrected chi connectivity index (χ3v) is 3.47. The molecule has 5 nitrogen and oxygen atoms in total. The number of carbonyl (C=O) groups excluding carboxylic acids is 2. The van der Waals surface area contributed by atoms with Gasteiger partial charge in [0.05, 0.1) is 11.8 Å². The van der Waals surface area contributed by atoms with Crippen LogP contribution < -0.4 is 15.2 Å². The van der Waals surface area contributed by atoms with Gasteiger partial charge in [0.1, 0.15) is 11.3 Å². The summed E-state index contributed by atoms with van der Waals surface area (Å²) in [5, 5.41) is 1.25. The zero-order valence-corrected chi connectivity index (χ0v) is 13.5. The molecule has 1 saturated heterocycles. The van der Waals surface area contributed by atoms with Crippen LogP contribution in [0.4, 0.5) is 5.69 Å². The fraction of sp³-hybridized carbons (Fsp3) is 0.158. The number of para-hydroxylation sites is 1. The number of amides is 2. The number of anilines is 1. The van der Waals surface area contributed by atoms with Crippen molar-refractivity contribution in [3.05, 3.63) is 65.7 Å². The summed E-state index contributed by atoms with van der Waals surface area (Å²) >= 11 is 0. The number of ether oxygens (including phenoxy) is 1. The zero-order valence-electron chi connectivity index (χ0n) is 13.5. The standard InChI is InChI=1S/C19H18N2O3/c1-13(2)24-16-10-8-14(9-11-16)12-17-18(22)20-21(19(17)23)15-6-4-3-5-7-15/h3-13H,1-2H3,(H,20,22)/b17-12+. The van der Waals surface area contributed by atoms with Gasteiger partial charge in [-0.25, -0.2) is 5.01 Å². The predicted molar refractivity (Wildman–Crippen MR) is 92.3 cm³/mol. The van der Waals surface area contributed by atoms with Crippen LogP contribution in [0.5, 0.6) is 5.75 Å². The van der Waals surface area contributed by atoms with Gasteiger partial charge in [-0.05, 0) is 49.8 Å². The quantitative estimate of drug-likeness (QED) is 0.695. The molecule has 3 rings (SSSR count). The number of hydrazine groups is 1. The minimum Gasteiger partial charge on any atom is -0.491 e. The molecule has 0 unspecified atom stereocenters. The van der Waals surface area contributed by atoms with E-state index < -0.39 is 5.91 Å². The first-order valence-corrected chi connectivity index (χ1v) is 7.73. The highest BCUT2D eigenvalue weighted by Crippen LogP contribution is 2.22. The van der Waals surface area contributed by atoms with Crippen LogP contribution >= 0.6 is 0 Å². The van der Waals surface area contributed by atoms with Crippen LogP contribution in [0.2, 0.25) is 0 Å². The molecule has 0 radical (unpaired) electrons. The van der Waals surface area contributed by atoms with Gasteiger partial charge in [-0.15, -0.1) is 0 Å². The van der Waals surface area contributed by atoms with E-state index in [2.05, 4.69) is 5.43 Å². The van der Waals surface area contributed by atoms with Crippen LogP contribution in [0.15, 0.2) is 60.2 Å². The first-order chi connectivity index (χ1) is 11.5. The van der Waals surface area contributed by atoms with Gasteiger partial charge in [-0.1, -0.05) is 30.3 Å². The van der Waals surface area contributed by atoms with Gasteiger partial charge in [-0.2, -0.15) is 0 Å². The third kappa shape index (κ3) is 3.30. The maximum atomic E-state index is 12.5. The Hall–Kier alpha value is -3.08. The molecular formula is C19H18N2O3. The number of benzene rings is 2. The predicted octanol–water partition coefficient (Wildman–Crippen LogP) is 2.94. The van der Waals surface area contributed by atoms with Crippen LogP contribution in [0.25, 0.3) is 6.08 Å². The van der Waals surface area contributed by atoms with Crippen molar-refractivity contribution in [3.63, 3.8) is 0 Å². The number of hydrogen-bond donors (Lipinski definition) is 1. The Labute approximate surface area is 140 Å². The fourth-order valence-electron chi connectivity index (χ4n) is 2.40. The van der Waals surface area contributed by atoms with Crippen LogP contribution in [-0.2, 0) is 9.59 Å². The largest absolute Gasteiger partial charge is 0.491 e. The van der Waals surface area contributed by atoms with Gasteiger partial charge < -0.3 is 4.74 Å². The second kappa shape index (κ2) is 6.58. The zero-order chi connectivity index (χ0) is 17.1. The van der Waals surface area contributed by atoms with E-state index in [1.807, 2.05) is 56.3 Å². The minimum atomic E-state index is -0.411. The maximum Gasteiger partial charge on any atom is 0.282 e. The lowest BCUT2D eigenvalue weighted by atomic mass is 10.1. The molecule has 0 aromatic heterocycles. The summed E-state index contributed by atoms with van der Waals surface area (Å²) in [6.45, 7) is 3.91. The monoisotopic (exact) mass is 322 g/mol. The van der Waals surface area contributed by atoms with Gasteiger partial charge >= 0.3 is 0 Å². The Morgan fingerprint density at radius 2 is 1.67 bits per heavy atom. The van der Waals surface area contributed by atoms with Crippen molar-refractivity contribution in [2.75, 3.05) is 5.01 Å².